The average molecular weight is 295 g/mol. The smallest absolute Gasteiger partial charge is 0.326 e. The van der Waals surface area contributed by atoms with Crippen molar-refractivity contribution in [3.05, 3.63) is 22.5 Å². The Labute approximate surface area is 120 Å². The van der Waals surface area contributed by atoms with E-state index >= 15 is 0 Å². The zero-order valence-electron chi connectivity index (χ0n) is 11.7. The summed E-state index contributed by atoms with van der Waals surface area (Å²) in [7, 11) is 1.91. The number of hydrogen-bond donors (Lipinski definition) is 1. The summed E-state index contributed by atoms with van der Waals surface area (Å²) in [6, 6.07) is 1.53. The first kappa shape index (κ1) is 14.6. The number of hydrogen-bond acceptors (Lipinski definition) is 7. The SMILES string of the molecule is CN(CC(C)(C)CN)c1ncnc2sc([N+](=O)[O-])cc12. The lowest BCUT2D eigenvalue weighted by molar-refractivity contribution is -0.380. The van der Waals surface area contributed by atoms with Gasteiger partial charge in [-0.1, -0.05) is 13.8 Å². The van der Waals surface area contributed by atoms with E-state index < -0.39 is 4.92 Å². The summed E-state index contributed by atoms with van der Waals surface area (Å²) < 4.78 is 0. The van der Waals surface area contributed by atoms with E-state index in [4.69, 9.17) is 5.73 Å². The molecule has 0 bridgehead atoms. The maximum absolute atomic E-state index is 10.9. The van der Waals surface area contributed by atoms with Crippen LogP contribution in [0.25, 0.3) is 10.2 Å². The van der Waals surface area contributed by atoms with Gasteiger partial charge in [0.1, 0.15) is 17.0 Å². The zero-order chi connectivity index (χ0) is 14.9. The number of rotatable bonds is 5. The molecule has 0 aliphatic carbocycles. The maximum atomic E-state index is 10.9. The third kappa shape index (κ3) is 2.86. The van der Waals surface area contributed by atoms with Crippen LogP contribution in [0.15, 0.2) is 12.4 Å². The Kier molecular flexibility index (Phi) is 3.87. The summed E-state index contributed by atoms with van der Waals surface area (Å²) in [5.41, 5.74) is 5.68. The molecule has 2 N–H and O–H groups in total. The van der Waals surface area contributed by atoms with E-state index in [0.717, 1.165) is 11.3 Å². The van der Waals surface area contributed by atoms with Crippen LogP contribution in [0.2, 0.25) is 0 Å². The van der Waals surface area contributed by atoms with Crippen molar-refractivity contribution in [2.75, 3.05) is 25.0 Å². The molecule has 0 aliphatic rings. The van der Waals surface area contributed by atoms with Gasteiger partial charge in [0.05, 0.1) is 10.3 Å². The van der Waals surface area contributed by atoms with E-state index in [9.17, 15) is 10.1 Å². The molecule has 0 spiro atoms. The molecule has 0 radical (unpaired) electrons. The van der Waals surface area contributed by atoms with Crippen LogP contribution in [0.5, 0.6) is 0 Å². The Morgan fingerprint density at radius 1 is 1.50 bits per heavy atom. The van der Waals surface area contributed by atoms with Crippen LogP contribution in [0, 0.1) is 15.5 Å². The maximum Gasteiger partial charge on any atom is 0.326 e. The van der Waals surface area contributed by atoms with Crippen molar-refractivity contribution >= 4 is 32.4 Å². The molecule has 0 fully saturated rings. The molecule has 2 aromatic rings. The Hall–Kier alpha value is -1.80. The molecule has 2 aromatic heterocycles. The number of aromatic nitrogens is 2. The van der Waals surface area contributed by atoms with Gasteiger partial charge in [-0.05, 0) is 23.3 Å². The molecular formula is C12H17N5O2S. The highest BCUT2D eigenvalue weighted by Crippen LogP contribution is 2.34. The second kappa shape index (κ2) is 5.29. The van der Waals surface area contributed by atoms with Crippen LogP contribution in [-0.2, 0) is 0 Å². The van der Waals surface area contributed by atoms with Crippen molar-refractivity contribution in [1.29, 1.82) is 0 Å². The van der Waals surface area contributed by atoms with Crippen LogP contribution in [0.1, 0.15) is 13.8 Å². The summed E-state index contributed by atoms with van der Waals surface area (Å²) in [5.74, 6) is 0.695. The normalized spacial score (nSPS) is 11.8. The topological polar surface area (TPSA) is 98.2 Å². The number of thiophene rings is 1. The number of fused-ring (bicyclic) bond motifs is 1. The lowest BCUT2D eigenvalue weighted by Gasteiger charge is -2.29. The first-order valence-electron chi connectivity index (χ1n) is 6.14. The summed E-state index contributed by atoms with van der Waals surface area (Å²) in [6.45, 7) is 5.39. The van der Waals surface area contributed by atoms with Gasteiger partial charge in [0.25, 0.3) is 0 Å². The minimum Gasteiger partial charge on any atom is -0.358 e. The molecule has 0 saturated heterocycles. The molecule has 0 unspecified atom stereocenters. The fourth-order valence-electron chi connectivity index (χ4n) is 2.01. The van der Waals surface area contributed by atoms with E-state index in [-0.39, 0.29) is 10.4 Å². The molecule has 0 atom stereocenters. The zero-order valence-corrected chi connectivity index (χ0v) is 12.5. The van der Waals surface area contributed by atoms with E-state index in [1.807, 2.05) is 11.9 Å². The highest BCUT2D eigenvalue weighted by molar-refractivity contribution is 7.21. The second-order valence-corrected chi connectivity index (χ2v) is 6.49. The largest absolute Gasteiger partial charge is 0.358 e. The van der Waals surface area contributed by atoms with Gasteiger partial charge in [-0.25, -0.2) is 9.97 Å². The van der Waals surface area contributed by atoms with Gasteiger partial charge >= 0.3 is 5.00 Å². The quantitative estimate of drug-likeness (QED) is 0.669. The highest BCUT2D eigenvalue weighted by Gasteiger charge is 2.22. The van der Waals surface area contributed by atoms with Crippen LogP contribution >= 0.6 is 11.3 Å². The van der Waals surface area contributed by atoms with Crippen LogP contribution < -0.4 is 10.6 Å². The molecule has 0 saturated carbocycles. The molecule has 8 heteroatoms. The number of nitrogens with zero attached hydrogens (tertiary/aromatic N) is 4. The molecule has 0 aliphatic heterocycles. The molecule has 7 nitrogen and oxygen atoms in total. The van der Waals surface area contributed by atoms with Crippen molar-refractivity contribution in [3.8, 4) is 0 Å². The van der Waals surface area contributed by atoms with Crippen molar-refractivity contribution in [2.24, 2.45) is 11.1 Å². The van der Waals surface area contributed by atoms with Crippen molar-refractivity contribution < 1.29 is 4.92 Å². The minimum absolute atomic E-state index is 0.0615. The van der Waals surface area contributed by atoms with Crippen molar-refractivity contribution in [3.63, 3.8) is 0 Å². The van der Waals surface area contributed by atoms with Crippen LogP contribution in [0.4, 0.5) is 10.8 Å². The van der Waals surface area contributed by atoms with Crippen LogP contribution in [-0.4, -0.2) is 35.0 Å². The average Bonchev–Trinajstić information content (AvgIpc) is 2.81. The van der Waals surface area contributed by atoms with Gasteiger partial charge < -0.3 is 10.6 Å². The first-order valence-corrected chi connectivity index (χ1v) is 6.96. The lowest BCUT2D eigenvalue weighted by Crippen LogP contribution is -2.37. The van der Waals surface area contributed by atoms with E-state index in [2.05, 4.69) is 23.8 Å². The van der Waals surface area contributed by atoms with Gasteiger partial charge in [-0.3, -0.25) is 10.1 Å². The molecule has 2 rings (SSSR count). The molecule has 20 heavy (non-hydrogen) atoms. The number of nitrogens with two attached hydrogens (primary N) is 1. The van der Waals surface area contributed by atoms with Gasteiger partial charge in [-0.2, -0.15) is 0 Å². The molecule has 0 amide bonds. The molecule has 2 heterocycles. The molecule has 108 valence electrons. The highest BCUT2D eigenvalue weighted by atomic mass is 32.1. The Morgan fingerprint density at radius 2 is 2.20 bits per heavy atom. The molecule has 0 aromatic carbocycles. The predicted octanol–water partition coefficient (Wildman–Crippen LogP) is 2.02. The van der Waals surface area contributed by atoms with Crippen LogP contribution in [0.3, 0.4) is 0 Å². The molecular weight excluding hydrogens is 278 g/mol. The fourth-order valence-corrected chi connectivity index (χ4v) is 2.82. The Balaban J connectivity index is 2.41. The Morgan fingerprint density at radius 3 is 2.80 bits per heavy atom. The van der Waals surface area contributed by atoms with Crippen molar-refractivity contribution in [2.45, 2.75) is 13.8 Å². The van der Waals surface area contributed by atoms with E-state index in [1.165, 1.54) is 12.4 Å². The first-order chi connectivity index (χ1) is 9.34. The number of nitro groups is 1. The summed E-state index contributed by atoms with van der Waals surface area (Å²) in [5, 5.41) is 11.6. The number of anilines is 1. The standard InChI is InChI=1S/C12H17N5O2S/c1-12(2,5-13)6-16(3)10-8-4-9(17(18)19)20-11(8)15-7-14-10/h4,7H,5-6,13H2,1-3H3. The fraction of sp³-hybridized carbons (Fsp3) is 0.500. The lowest BCUT2D eigenvalue weighted by atomic mass is 9.93. The summed E-state index contributed by atoms with van der Waals surface area (Å²) >= 11 is 1.06. The monoisotopic (exact) mass is 295 g/mol. The van der Waals surface area contributed by atoms with E-state index in [1.54, 1.807) is 0 Å². The van der Waals surface area contributed by atoms with Gasteiger partial charge in [0.2, 0.25) is 0 Å². The minimum atomic E-state index is -0.403. The van der Waals surface area contributed by atoms with E-state index in [0.29, 0.717) is 29.1 Å². The third-order valence-electron chi connectivity index (χ3n) is 3.05. The van der Waals surface area contributed by atoms with Gasteiger partial charge in [-0.15, -0.1) is 0 Å². The third-order valence-corrected chi connectivity index (χ3v) is 4.05. The Bertz CT molecular complexity index is 640. The predicted molar refractivity (Wildman–Crippen MR) is 80.2 cm³/mol. The van der Waals surface area contributed by atoms with Crippen molar-refractivity contribution in [1.82, 2.24) is 9.97 Å². The van der Waals surface area contributed by atoms with Gasteiger partial charge in [0.15, 0.2) is 0 Å². The van der Waals surface area contributed by atoms with Gasteiger partial charge in [0, 0.05) is 19.7 Å². The summed E-state index contributed by atoms with van der Waals surface area (Å²) in [4.78, 5) is 21.4. The summed E-state index contributed by atoms with van der Waals surface area (Å²) in [6.07, 6.45) is 1.43. The second-order valence-electron chi connectivity index (χ2n) is 5.48.